The van der Waals surface area contributed by atoms with E-state index >= 15 is 0 Å². The molecular formula is C14H20N2O3. The highest BCUT2D eigenvalue weighted by Gasteiger charge is 2.17. The van der Waals surface area contributed by atoms with Gasteiger partial charge in [0.1, 0.15) is 5.82 Å². The van der Waals surface area contributed by atoms with Crippen molar-refractivity contribution in [2.45, 2.75) is 32.2 Å². The van der Waals surface area contributed by atoms with E-state index in [1.54, 1.807) is 12.1 Å². The normalized spacial score (nSPS) is 17.9. The van der Waals surface area contributed by atoms with Crippen LogP contribution < -0.4 is 5.32 Å². The molecule has 1 unspecified atom stereocenters. The Morgan fingerprint density at radius 2 is 2.26 bits per heavy atom. The predicted molar refractivity (Wildman–Crippen MR) is 72.4 cm³/mol. The Kier molecular flexibility index (Phi) is 4.74. The van der Waals surface area contributed by atoms with Gasteiger partial charge in [0.05, 0.1) is 0 Å². The van der Waals surface area contributed by atoms with Crippen LogP contribution >= 0.6 is 0 Å². The van der Waals surface area contributed by atoms with Gasteiger partial charge in [0.2, 0.25) is 0 Å². The van der Waals surface area contributed by atoms with E-state index in [4.69, 9.17) is 9.84 Å². The molecule has 0 radical (unpaired) electrons. The summed E-state index contributed by atoms with van der Waals surface area (Å²) in [5, 5.41) is 12.2. The maximum atomic E-state index is 10.9. The Hall–Kier alpha value is -1.62. The smallest absolute Gasteiger partial charge is 0.354 e. The molecular weight excluding hydrogens is 244 g/mol. The number of carboxylic acids is 1. The van der Waals surface area contributed by atoms with Crippen LogP contribution in [0.15, 0.2) is 18.2 Å². The summed E-state index contributed by atoms with van der Waals surface area (Å²) in [4.78, 5) is 14.9. The van der Waals surface area contributed by atoms with Crippen molar-refractivity contribution in [3.8, 4) is 0 Å². The molecule has 2 N–H and O–H groups in total. The van der Waals surface area contributed by atoms with Gasteiger partial charge in [-0.1, -0.05) is 6.07 Å². The van der Waals surface area contributed by atoms with Crippen molar-refractivity contribution in [2.24, 2.45) is 5.92 Å². The second-order valence-electron chi connectivity index (χ2n) is 5.05. The third-order valence-electron chi connectivity index (χ3n) is 3.39. The molecule has 0 amide bonds. The van der Waals surface area contributed by atoms with Gasteiger partial charge in [0, 0.05) is 19.3 Å². The fourth-order valence-electron chi connectivity index (χ4n) is 2.43. The number of anilines is 1. The molecule has 0 saturated carbocycles. The Morgan fingerprint density at radius 3 is 2.95 bits per heavy atom. The van der Waals surface area contributed by atoms with E-state index in [0.717, 1.165) is 32.5 Å². The zero-order chi connectivity index (χ0) is 13.7. The molecule has 2 heterocycles. The average Bonchev–Trinajstić information content (AvgIpc) is 2.40. The zero-order valence-electron chi connectivity index (χ0n) is 11.1. The molecule has 1 aromatic rings. The number of carboxylic acid groups (broad SMARTS) is 1. The van der Waals surface area contributed by atoms with Crippen LogP contribution in [0.1, 0.15) is 36.7 Å². The largest absolute Gasteiger partial charge is 0.477 e. The van der Waals surface area contributed by atoms with Crippen LogP contribution in [0.25, 0.3) is 0 Å². The first-order chi connectivity index (χ1) is 9.15. The lowest BCUT2D eigenvalue weighted by Crippen LogP contribution is -2.24. The average molecular weight is 264 g/mol. The van der Waals surface area contributed by atoms with Crippen molar-refractivity contribution in [1.82, 2.24) is 4.98 Å². The van der Waals surface area contributed by atoms with E-state index in [1.165, 1.54) is 6.07 Å². The number of nitrogens with one attached hydrogen (secondary N) is 1. The molecule has 1 aliphatic heterocycles. The number of nitrogens with zero attached hydrogens (tertiary/aromatic N) is 1. The van der Waals surface area contributed by atoms with E-state index in [2.05, 4.69) is 17.2 Å². The second kappa shape index (κ2) is 6.52. The van der Waals surface area contributed by atoms with E-state index < -0.39 is 5.97 Å². The monoisotopic (exact) mass is 264 g/mol. The summed E-state index contributed by atoms with van der Waals surface area (Å²) in [6.07, 6.45) is 3.27. The molecule has 19 heavy (non-hydrogen) atoms. The van der Waals surface area contributed by atoms with E-state index in [1.807, 2.05) is 0 Å². The van der Waals surface area contributed by atoms with Crippen LogP contribution in [0.3, 0.4) is 0 Å². The molecule has 0 spiro atoms. The molecule has 0 bridgehead atoms. The van der Waals surface area contributed by atoms with Gasteiger partial charge in [-0.15, -0.1) is 0 Å². The van der Waals surface area contributed by atoms with Gasteiger partial charge in [-0.3, -0.25) is 0 Å². The number of rotatable bonds is 5. The standard InChI is InChI=1S/C14H20N2O3/c1-10(9-11-5-7-19-8-6-11)15-13-4-2-3-12(16-13)14(17)18/h2-4,10-11H,5-9H2,1H3,(H,15,16)(H,17,18). The SMILES string of the molecule is CC(CC1CCOCC1)Nc1cccc(C(=O)O)n1. The highest BCUT2D eigenvalue weighted by atomic mass is 16.5. The van der Waals surface area contributed by atoms with E-state index in [0.29, 0.717) is 11.7 Å². The summed E-state index contributed by atoms with van der Waals surface area (Å²) in [5.74, 6) is 0.305. The maximum absolute atomic E-state index is 10.9. The van der Waals surface area contributed by atoms with E-state index in [9.17, 15) is 4.79 Å². The quantitative estimate of drug-likeness (QED) is 0.854. The topological polar surface area (TPSA) is 71.5 Å². The number of hydrogen-bond donors (Lipinski definition) is 2. The van der Waals surface area contributed by atoms with Crippen LogP contribution in [0, 0.1) is 5.92 Å². The molecule has 2 rings (SSSR count). The van der Waals surface area contributed by atoms with Crippen molar-refractivity contribution in [3.05, 3.63) is 23.9 Å². The lowest BCUT2D eigenvalue weighted by atomic mass is 9.93. The van der Waals surface area contributed by atoms with Gasteiger partial charge in [-0.2, -0.15) is 0 Å². The Balaban J connectivity index is 1.88. The van der Waals surface area contributed by atoms with Gasteiger partial charge in [-0.25, -0.2) is 9.78 Å². The maximum Gasteiger partial charge on any atom is 0.354 e. The van der Waals surface area contributed by atoms with Crippen LogP contribution in [-0.4, -0.2) is 35.3 Å². The molecule has 0 aromatic carbocycles. The number of aromatic carboxylic acids is 1. The fourth-order valence-corrected chi connectivity index (χ4v) is 2.43. The predicted octanol–water partition coefficient (Wildman–Crippen LogP) is 2.40. The van der Waals surface area contributed by atoms with Crippen molar-refractivity contribution >= 4 is 11.8 Å². The van der Waals surface area contributed by atoms with Gasteiger partial charge in [-0.05, 0) is 44.2 Å². The first-order valence-corrected chi connectivity index (χ1v) is 6.70. The highest BCUT2D eigenvalue weighted by Crippen LogP contribution is 2.21. The van der Waals surface area contributed by atoms with Crippen molar-refractivity contribution in [1.29, 1.82) is 0 Å². The Labute approximate surface area is 113 Å². The summed E-state index contributed by atoms with van der Waals surface area (Å²) < 4.78 is 5.34. The molecule has 1 atom stereocenters. The van der Waals surface area contributed by atoms with Gasteiger partial charge in [0.15, 0.2) is 5.69 Å². The third-order valence-corrected chi connectivity index (χ3v) is 3.39. The van der Waals surface area contributed by atoms with Crippen LogP contribution in [0.2, 0.25) is 0 Å². The number of hydrogen-bond acceptors (Lipinski definition) is 4. The number of carbonyl (C=O) groups is 1. The van der Waals surface area contributed by atoms with Crippen molar-refractivity contribution in [3.63, 3.8) is 0 Å². The van der Waals surface area contributed by atoms with Crippen LogP contribution in [-0.2, 0) is 4.74 Å². The summed E-state index contributed by atoms with van der Waals surface area (Å²) >= 11 is 0. The summed E-state index contributed by atoms with van der Waals surface area (Å²) in [7, 11) is 0. The summed E-state index contributed by atoms with van der Waals surface area (Å²) in [6.45, 7) is 3.80. The minimum absolute atomic E-state index is 0.0725. The minimum Gasteiger partial charge on any atom is -0.477 e. The zero-order valence-corrected chi connectivity index (χ0v) is 11.1. The van der Waals surface area contributed by atoms with E-state index in [-0.39, 0.29) is 11.7 Å². The van der Waals surface area contributed by atoms with Crippen molar-refractivity contribution in [2.75, 3.05) is 18.5 Å². The molecule has 1 saturated heterocycles. The minimum atomic E-state index is -0.999. The number of aromatic nitrogens is 1. The highest BCUT2D eigenvalue weighted by molar-refractivity contribution is 5.85. The molecule has 104 valence electrons. The number of pyridine rings is 1. The third kappa shape index (κ3) is 4.21. The fraction of sp³-hybridized carbons (Fsp3) is 0.571. The Bertz CT molecular complexity index is 430. The second-order valence-corrected chi connectivity index (χ2v) is 5.05. The molecule has 1 fully saturated rings. The summed E-state index contributed by atoms with van der Waals surface area (Å²) in [6, 6.07) is 5.28. The van der Waals surface area contributed by atoms with Gasteiger partial charge >= 0.3 is 5.97 Å². The van der Waals surface area contributed by atoms with Gasteiger partial charge in [0.25, 0.3) is 0 Å². The first kappa shape index (κ1) is 13.8. The molecule has 0 aliphatic carbocycles. The number of ether oxygens (including phenoxy) is 1. The van der Waals surface area contributed by atoms with Crippen LogP contribution in [0.5, 0.6) is 0 Å². The molecule has 1 aliphatic rings. The van der Waals surface area contributed by atoms with Crippen molar-refractivity contribution < 1.29 is 14.6 Å². The molecule has 5 heteroatoms. The molecule has 1 aromatic heterocycles. The first-order valence-electron chi connectivity index (χ1n) is 6.70. The molecule has 5 nitrogen and oxygen atoms in total. The van der Waals surface area contributed by atoms with Gasteiger partial charge < -0.3 is 15.2 Å². The Morgan fingerprint density at radius 1 is 1.53 bits per heavy atom. The lowest BCUT2D eigenvalue weighted by Gasteiger charge is -2.25. The lowest BCUT2D eigenvalue weighted by molar-refractivity contribution is 0.0628. The van der Waals surface area contributed by atoms with Crippen LogP contribution in [0.4, 0.5) is 5.82 Å². The summed E-state index contributed by atoms with van der Waals surface area (Å²) in [5.41, 5.74) is 0.0725.